The number of aliphatic imine (C=N–C) groups is 1. The van der Waals surface area contributed by atoms with Crippen molar-refractivity contribution >= 4 is 39.8 Å². The van der Waals surface area contributed by atoms with E-state index in [0.717, 1.165) is 45.4 Å². The van der Waals surface area contributed by atoms with Crippen LogP contribution in [0, 0.1) is 5.92 Å². The van der Waals surface area contributed by atoms with Gasteiger partial charge in [0.1, 0.15) is 9.84 Å². The third kappa shape index (κ3) is 12.8. The molecule has 1 saturated heterocycles. The molecule has 1 aliphatic rings. The number of halogens is 1. The Hall–Kier alpha value is -0.170. The molecule has 0 amide bonds. The molecule has 162 valence electrons. The van der Waals surface area contributed by atoms with Crippen molar-refractivity contribution < 1.29 is 17.9 Å². The van der Waals surface area contributed by atoms with Crippen molar-refractivity contribution in [2.24, 2.45) is 10.9 Å². The molecule has 8 nitrogen and oxygen atoms in total. The van der Waals surface area contributed by atoms with Crippen molar-refractivity contribution in [1.29, 1.82) is 0 Å². The highest BCUT2D eigenvalue weighted by molar-refractivity contribution is 14.0. The molecule has 1 aliphatic heterocycles. The average Bonchev–Trinajstić information content (AvgIpc) is 2.57. The molecule has 0 aromatic carbocycles. The van der Waals surface area contributed by atoms with E-state index in [4.69, 9.17) is 14.5 Å². The Labute approximate surface area is 181 Å². The van der Waals surface area contributed by atoms with Gasteiger partial charge >= 0.3 is 0 Å². The summed E-state index contributed by atoms with van der Waals surface area (Å²) in [4.78, 5) is 7.18. The van der Waals surface area contributed by atoms with Gasteiger partial charge in [-0.15, -0.1) is 24.0 Å². The van der Waals surface area contributed by atoms with E-state index in [-0.39, 0.29) is 36.3 Å². The zero-order valence-corrected chi connectivity index (χ0v) is 20.2. The smallest absolute Gasteiger partial charge is 0.191 e. The second-order valence-corrected chi connectivity index (χ2v) is 9.11. The van der Waals surface area contributed by atoms with Crippen LogP contribution >= 0.6 is 24.0 Å². The Kier molecular flexibility index (Phi) is 14.7. The quantitative estimate of drug-likeness (QED) is 0.178. The minimum absolute atomic E-state index is 0. The number of hydrogen-bond acceptors (Lipinski definition) is 6. The number of nitrogens with zero attached hydrogens (tertiary/aromatic N) is 2. The maximum absolute atomic E-state index is 11.1. The Balaban J connectivity index is 0.00000676. The monoisotopic (exact) mass is 520 g/mol. The van der Waals surface area contributed by atoms with Crippen LogP contribution in [0.5, 0.6) is 0 Å². The molecule has 1 heterocycles. The van der Waals surface area contributed by atoms with E-state index in [1.54, 1.807) is 0 Å². The Morgan fingerprint density at radius 1 is 1.22 bits per heavy atom. The summed E-state index contributed by atoms with van der Waals surface area (Å²) >= 11 is 0. The third-order valence-corrected chi connectivity index (χ3v) is 5.11. The summed E-state index contributed by atoms with van der Waals surface area (Å²) in [5.41, 5.74) is 0. The van der Waals surface area contributed by atoms with E-state index in [1.807, 2.05) is 6.92 Å². The van der Waals surface area contributed by atoms with Gasteiger partial charge in [-0.2, -0.15) is 0 Å². The number of nitrogens with one attached hydrogen (secondary N) is 2. The normalized spacial score (nSPS) is 17.4. The molecule has 1 atom stereocenters. The van der Waals surface area contributed by atoms with Crippen LogP contribution < -0.4 is 10.6 Å². The molecule has 27 heavy (non-hydrogen) atoms. The van der Waals surface area contributed by atoms with E-state index in [2.05, 4.69) is 29.4 Å². The van der Waals surface area contributed by atoms with Crippen molar-refractivity contribution in [2.75, 3.05) is 71.2 Å². The molecular weight excluding hydrogens is 483 g/mol. The molecule has 2 N–H and O–H groups in total. The van der Waals surface area contributed by atoms with Gasteiger partial charge in [-0.05, 0) is 12.8 Å². The highest BCUT2D eigenvalue weighted by Crippen LogP contribution is 2.13. The predicted molar refractivity (Wildman–Crippen MR) is 121 cm³/mol. The lowest BCUT2D eigenvalue weighted by Gasteiger charge is -2.36. The van der Waals surface area contributed by atoms with Gasteiger partial charge in [0, 0.05) is 38.5 Å². The van der Waals surface area contributed by atoms with Gasteiger partial charge in [-0.3, -0.25) is 9.89 Å². The fourth-order valence-corrected chi connectivity index (χ4v) is 3.16. The minimum Gasteiger partial charge on any atom is -0.379 e. The number of guanidine groups is 1. The largest absolute Gasteiger partial charge is 0.379 e. The number of ether oxygens (including phenoxy) is 2. The van der Waals surface area contributed by atoms with Crippen LogP contribution in [0.4, 0.5) is 0 Å². The summed E-state index contributed by atoms with van der Waals surface area (Å²) < 4.78 is 32.9. The molecule has 0 bridgehead atoms. The first-order valence-electron chi connectivity index (χ1n) is 9.43. The third-order valence-electron chi connectivity index (χ3n) is 4.20. The van der Waals surface area contributed by atoms with Crippen LogP contribution in [0.3, 0.4) is 0 Å². The second kappa shape index (κ2) is 14.8. The molecule has 0 radical (unpaired) electrons. The van der Waals surface area contributed by atoms with Crippen LogP contribution in [-0.4, -0.2) is 96.5 Å². The van der Waals surface area contributed by atoms with Crippen molar-refractivity contribution in [1.82, 2.24) is 15.5 Å². The van der Waals surface area contributed by atoms with Crippen LogP contribution in [0.25, 0.3) is 0 Å². The fourth-order valence-electron chi connectivity index (χ4n) is 2.74. The summed E-state index contributed by atoms with van der Waals surface area (Å²) in [6, 6.07) is 0.389. The number of sulfone groups is 1. The highest BCUT2D eigenvalue weighted by Gasteiger charge is 2.23. The topological polar surface area (TPSA) is 92.3 Å². The van der Waals surface area contributed by atoms with Crippen molar-refractivity contribution in [3.63, 3.8) is 0 Å². The average molecular weight is 520 g/mol. The van der Waals surface area contributed by atoms with Crippen molar-refractivity contribution in [2.45, 2.75) is 26.8 Å². The van der Waals surface area contributed by atoms with E-state index in [1.165, 1.54) is 6.26 Å². The SMILES string of the molecule is CCNC(=NCC(C(C)C)N1CCOCC1)NCCOCCS(C)(=O)=O.I. The molecular formula is C17H37IN4O4S. The zero-order chi connectivity index (χ0) is 19.4. The number of rotatable bonds is 11. The Morgan fingerprint density at radius 3 is 2.44 bits per heavy atom. The molecule has 1 unspecified atom stereocenters. The number of hydrogen-bond donors (Lipinski definition) is 2. The fraction of sp³-hybridized carbons (Fsp3) is 0.941. The van der Waals surface area contributed by atoms with Crippen LogP contribution in [0.1, 0.15) is 20.8 Å². The summed E-state index contributed by atoms with van der Waals surface area (Å²) in [6.07, 6.45) is 1.21. The predicted octanol–water partition coefficient (Wildman–Crippen LogP) is 0.578. The van der Waals surface area contributed by atoms with Gasteiger partial charge in [0.25, 0.3) is 0 Å². The summed E-state index contributed by atoms with van der Waals surface area (Å²) in [5, 5.41) is 6.48. The molecule has 1 rings (SSSR count). The Bertz CT molecular complexity index is 511. The molecule has 10 heteroatoms. The zero-order valence-electron chi connectivity index (χ0n) is 17.1. The molecule has 1 fully saturated rings. The molecule has 0 aromatic heterocycles. The van der Waals surface area contributed by atoms with Gasteiger partial charge in [0.15, 0.2) is 5.96 Å². The van der Waals surface area contributed by atoms with Crippen LogP contribution in [0.2, 0.25) is 0 Å². The standard InChI is InChI=1S/C17H36N4O4S.HI/c1-5-18-17(19-6-9-24-12-13-26(4,22)23)20-14-16(15(2)3)21-7-10-25-11-8-21;/h15-16H,5-14H2,1-4H3,(H2,18,19,20);1H. The van der Waals surface area contributed by atoms with E-state index in [9.17, 15) is 8.42 Å². The van der Waals surface area contributed by atoms with E-state index in [0.29, 0.717) is 25.1 Å². The lowest BCUT2D eigenvalue weighted by atomic mass is 10.0. The van der Waals surface area contributed by atoms with Crippen LogP contribution in [-0.2, 0) is 19.3 Å². The first kappa shape index (κ1) is 26.8. The molecule has 0 saturated carbocycles. The van der Waals surface area contributed by atoms with Crippen molar-refractivity contribution in [3.8, 4) is 0 Å². The van der Waals surface area contributed by atoms with Gasteiger partial charge in [-0.25, -0.2) is 8.42 Å². The maximum Gasteiger partial charge on any atom is 0.191 e. The first-order valence-corrected chi connectivity index (χ1v) is 11.5. The van der Waals surface area contributed by atoms with Gasteiger partial charge in [0.05, 0.1) is 38.7 Å². The lowest BCUT2D eigenvalue weighted by molar-refractivity contribution is 0.00867. The first-order chi connectivity index (χ1) is 12.3. The van der Waals surface area contributed by atoms with Crippen LogP contribution in [0.15, 0.2) is 4.99 Å². The summed E-state index contributed by atoms with van der Waals surface area (Å²) in [6.45, 7) is 12.7. The number of morpholine rings is 1. The maximum atomic E-state index is 11.1. The van der Waals surface area contributed by atoms with Gasteiger partial charge < -0.3 is 20.1 Å². The van der Waals surface area contributed by atoms with E-state index >= 15 is 0 Å². The summed E-state index contributed by atoms with van der Waals surface area (Å²) in [7, 11) is -2.97. The molecule has 0 aromatic rings. The molecule has 0 spiro atoms. The van der Waals surface area contributed by atoms with E-state index < -0.39 is 9.84 Å². The lowest BCUT2D eigenvalue weighted by Crippen LogP contribution is -2.48. The molecule has 0 aliphatic carbocycles. The minimum atomic E-state index is -2.97. The Morgan fingerprint density at radius 2 is 1.89 bits per heavy atom. The second-order valence-electron chi connectivity index (χ2n) is 6.85. The van der Waals surface area contributed by atoms with Crippen molar-refractivity contribution in [3.05, 3.63) is 0 Å². The highest BCUT2D eigenvalue weighted by atomic mass is 127. The van der Waals surface area contributed by atoms with Gasteiger partial charge in [0.2, 0.25) is 0 Å². The van der Waals surface area contributed by atoms with Gasteiger partial charge in [-0.1, -0.05) is 13.8 Å². The summed E-state index contributed by atoms with van der Waals surface area (Å²) in [5.74, 6) is 1.33.